The van der Waals surface area contributed by atoms with Gasteiger partial charge in [-0.3, -0.25) is 0 Å². The van der Waals surface area contributed by atoms with Crippen LogP contribution in [-0.4, -0.2) is 25.2 Å². The van der Waals surface area contributed by atoms with Crippen LogP contribution in [0.2, 0.25) is 0 Å². The maximum absolute atomic E-state index is 10.5. The quantitative estimate of drug-likeness (QED) is 0.611. The predicted molar refractivity (Wildman–Crippen MR) is 61.6 cm³/mol. The Kier molecular flexibility index (Phi) is 4.88. The van der Waals surface area contributed by atoms with Gasteiger partial charge in [0.2, 0.25) is 0 Å². The minimum Gasteiger partial charge on any atom is -0.352 e. The van der Waals surface area contributed by atoms with Gasteiger partial charge in [-0.05, 0) is 24.7 Å². The standard InChI is InChI=1S/C11H23N3O/c1-8-4-3-5-9(2)10(8)13-6-7-14-11(12)15/h8-10,13H,3-7H2,1-2H3,(H3,12,14,15). The fourth-order valence-corrected chi connectivity index (χ4v) is 2.51. The molecule has 1 aliphatic carbocycles. The highest BCUT2D eigenvalue weighted by molar-refractivity contribution is 5.71. The summed E-state index contributed by atoms with van der Waals surface area (Å²) in [5.41, 5.74) is 4.99. The Bertz CT molecular complexity index is 198. The van der Waals surface area contributed by atoms with Gasteiger partial charge >= 0.3 is 6.03 Å². The number of carbonyl (C=O) groups excluding carboxylic acids is 1. The van der Waals surface area contributed by atoms with Gasteiger partial charge in [0.25, 0.3) is 0 Å². The molecule has 4 nitrogen and oxygen atoms in total. The van der Waals surface area contributed by atoms with Crippen molar-refractivity contribution in [2.45, 2.75) is 39.2 Å². The summed E-state index contributed by atoms with van der Waals surface area (Å²) >= 11 is 0. The lowest BCUT2D eigenvalue weighted by atomic mass is 9.79. The van der Waals surface area contributed by atoms with Gasteiger partial charge in [-0.25, -0.2) is 4.79 Å². The summed E-state index contributed by atoms with van der Waals surface area (Å²) in [5.74, 6) is 1.48. The summed E-state index contributed by atoms with van der Waals surface area (Å²) in [6.45, 7) is 6.03. The number of rotatable bonds is 4. The molecule has 1 aliphatic rings. The minimum atomic E-state index is -0.443. The number of urea groups is 1. The number of carbonyl (C=O) groups is 1. The molecule has 0 bridgehead atoms. The molecule has 1 rings (SSSR count). The lowest BCUT2D eigenvalue weighted by molar-refractivity contribution is 0.209. The van der Waals surface area contributed by atoms with E-state index in [0.717, 1.165) is 18.4 Å². The second kappa shape index (κ2) is 5.95. The van der Waals surface area contributed by atoms with E-state index < -0.39 is 6.03 Å². The zero-order valence-electron chi connectivity index (χ0n) is 9.75. The molecule has 4 N–H and O–H groups in total. The fourth-order valence-electron chi connectivity index (χ4n) is 2.51. The van der Waals surface area contributed by atoms with E-state index >= 15 is 0 Å². The van der Waals surface area contributed by atoms with Crippen molar-refractivity contribution in [2.75, 3.05) is 13.1 Å². The number of primary amides is 1. The van der Waals surface area contributed by atoms with Crippen molar-refractivity contribution in [2.24, 2.45) is 17.6 Å². The Labute approximate surface area is 92.0 Å². The average molecular weight is 213 g/mol. The van der Waals surface area contributed by atoms with Crippen molar-refractivity contribution >= 4 is 6.03 Å². The van der Waals surface area contributed by atoms with Crippen molar-refractivity contribution in [3.05, 3.63) is 0 Å². The lowest BCUT2D eigenvalue weighted by Crippen LogP contribution is -2.46. The molecule has 0 saturated heterocycles. The topological polar surface area (TPSA) is 67.2 Å². The third kappa shape index (κ3) is 4.08. The third-order valence-corrected chi connectivity index (χ3v) is 3.35. The van der Waals surface area contributed by atoms with Crippen LogP contribution < -0.4 is 16.4 Å². The lowest BCUT2D eigenvalue weighted by Gasteiger charge is -2.35. The number of nitrogens with two attached hydrogens (primary N) is 1. The number of hydrogen-bond donors (Lipinski definition) is 3. The second-order valence-electron chi connectivity index (χ2n) is 4.66. The maximum Gasteiger partial charge on any atom is 0.312 e. The Balaban J connectivity index is 2.20. The van der Waals surface area contributed by atoms with Crippen molar-refractivity contribution in [1.29, 1.82) is 0 Å². The normalized spacial score (nSPS) is 31.2. The molecule has 88 valence electrons. The Morgan fingerprint density at radius 3 is 2.40 bits per heavy atom. The van der Waals surface area contributed by atoms with E-state index in [1.807, 2.05) is 0 Å². The van der Waals surface area contributed by atoms with Crippen LogP contribution in [0.5, 0.6) is 0 Å². The first kappa shape index (κ1) is 12.3. The monoisotopic (exact) mass is 213 g/mol. The van der Waals surface area contributed by atoms with Crippen molar-refractivity contribution < 1.29 is 4.79 Å². The molecule has 1 fully saturated rings. The fraction of sp³-hybridized carbons (Fsp3) is 0.909. The summed E-state index contributed by atoms with van der Waals surface area (Å²) in [4.78, 5) is 10.5. The van der Waals surface area contributed by atoms with Gasteiger partial charge in [0, 0.05) is 19.1 Å². The molecule has 15 heavy (non-hydrogen) atoms. The molecule has 0 aliphatic heterocycles. The van der Waals surface area contributed by atoms with Crippen LogP contribution >= 0.6 is 0 Å². The summed E-state index contributed by atoms with van der Waals surface area (Å²) in [5, 5.41) is 6.10. The van der Waals surface area contributed by atoms with E-state index in [9.17, 15) is 4.79 Å². The Hall–Kier alpha value is -0.770. The van der Waals surface area contributed by atoms with Crippen molar-refractivity contribution in [3.63, 3.8) is 0 Å². The van der Waals surface area contributed by atoms with E-state index in [2.05, 4.69) is 24.5 Å². The summed E-state index contributed by atoms with van der Waals surface area (Å²) < 4.78 is 0. The van der Waals surface area contributed by atoms with Gasteiger partial charge in [0.05, 0.1) is 0 Å². The van der Waals surface area contributed by atoms with Crippen LogP contribution in [0.1, 0.15) is 33.1 Å². The molecule has 4 heteroatoms. The highest BCUT2D eigenvalue weighted by atomic mass is 16.2. The van der Waals surface area contributed by atoms with E-state index in [1.165, 1.54) is 19.3 Å². The van der Waals surface area contributed by atoms with Crippen LogP contribution in [0.25, 0.3) is 0 Å². The van der Waals surface area contributed by atoms with Gasteiger partial charge in [0.15, 0.2) is 0 Å². The minimum absolute atomic E-state index is 0.443. The van der Waals surface area contributed by atoms with Crippen molar-refractivity contribution in [1.82, 2.24) is 10.6 Å². The molecule has 2 unspecified atom stereocenters. The summed E-state index contributed by atoms with van der Waals surface area (Å²) in [6, 6.07) is 0.148. The molecule has 0 heterocycles. The summed E-state index contributed by atoms with van der Waals surface area (Å²) in [7, 11) is 0. The molecule has 0 aromatic heterocycles. The van der Waals surface area contributed by atoms with E-state index in [-0.39, 0.29) is 0 Å². The highest BCUT2D eigenvalue weighted by Gasteiger charge is 2.26. The molecule has 2 amide bonds. The number of hydrogen-bond acceptors (Lipinski definition) is 2. The molecule has 2 atom stereocenters. The predicted octanol–water partition coefficient (Wildman–Crippen LogP) is 1.07. The molecular weight excluding hydrogens is 190 g/mol. The van der Waals surface area contributed by atoms with Gasteiger partial charge in [-0.15, -0.1) is 0 Å². The second-order valence-corrected chi connectivity index (χ2v) is 4.66. The van der Waals surface area contributed by atoms with E-state index in [0.29, 0.717) is 12.6 Å². The summed E-state index contributed by atoms with van der Waals surface area (Å²) in [6.07, 6.45) is 3.97. The van der Waals surface area contributed by atoms with Gasteiger partial charge in [-0.2, -0.15) is 0 Å². The van der Waals surface area contributed by atoms with Crippen LogP contribution in [0.15, 0.2) is 0 Å². The van der Waals surface area contributed by atoms with Gasteiger partial charge in [0.1, 0.15) is 0 Å². The SMILES string of the molecule is CC1CCCC(C)C1NCCNC(N)=O. The highest BCUT2D eigenvalue weighted by Crippen LogP contribution is 2.28. The number of nitrogens with one attached hydrogen (secondary N) is 2. The number of amides is 2. The van der Waals surface area contributed by atoms with Gasteiger partial charge in [-0.1, -0.05) is 20.3 Å². The first-order valence-electron chi connectivity index (χ1n) is 5.88. The molecular formula is C11H23N3O. The largest absolute Gasteiger partial charge is 0.352 e. The van der Waals surface area contributed by atoms with Crippen LogP contribution in [0.3, 0.4) is 0 Å². The molecule has 0 aromatic rings. The zero-order chi connectivity index (χ0) is 11.3. The van der Waals surface area contributed by atoms with Crippen LogP contribution in [-0.2, 0) is 0 Å². The molecule has 0 spiro atoms. The van der Waals surface area contributed by atoms with E-state index in [1.54, 1.807) is 0 Å². The molecule has 1 saturated carbocycles. The smallest absolute Gasteiger partial charge is 0.312 e. The van der Waals surface area contributed by atoms with Crippen LogP contribution in [0, 0.1) is 11.8 Å². The third-order valence-electron chi connectivity index (χ3n) is 3.35. The Morgan fingerprint density at radius 2 is 1.87 bits per heavy atom. The molecule has 0 radical (unpaired) electrons. The molecule has 0 aromatic carbocycles. The van der Waals surface area contributed by atoms with Crippen LogP contribution in [0.4, 0.5) is 4.79 Å². The Morgan fingerprint density at radius 1 is 1.27 bits per heavy atom. The van der Waals surface area contributed by atoms with Gasteiger partial charge < -0.3 is 16.4 Å². The zero-order valence-corrected chi connectivity index (χ0v) is 9.75. The van der Waals surface area contributed by atoms with Crippen molar-refractivity contribution in [3.8, 4) is 0 Å². The first-order valence-corrected chi connectivity index (χ1v) is 5.88. The maximum atomic E-state index is 10.5. The van der Waals surface area contributed by atoms with E-state index in [4.69, 9.17) is 5.73 Å². The first-order chi connectivity index (χ1) is 7.11. The average Bonchev–Trinajstić information content (AvgIpc) is 2.15.